The predicted octanol–water partition coefficient (Wildman–Crippen LogP) is 2.12. The number of carbonyl (C=O) groups is 2. The minimum absolute atomic E-state index is 0.0229. The van der Waals surface area contributed by atoms with Crippen LogP contribution in [0.5, 0.6) is 0 Å². The fourth-order valence-electron chi connectivity index (χ4n) is 3.15. The zero-order valence-electron chi connectivity index (χ0n) is 15.1. The number of nitrogens with one attached hydrogen (secondary N) is 1. The Hall–Kier alpha value is -2.60. The van der Waals surface area contributed by atoms with Gasteiger partial charge < -0.3 is 14.6 Å². The lowest BCUT2D eigenvalue weighted by Gasteiger charge is -2.20. The third-order valence-electron chi connectivity index (χ3n) is 4.48. The molecule has 0 saturated carbocycles. The van der Waals surface area contributed by atoms with Crippen molar-refractivity contribution in [3.05, 3.63) is 42.2 Å². The molecule has 6 nitrogen and oxygen atoms in total. The summed E-state index contributed by atoms with van der Waals surface area (Å²) in [6, 6.07) is 9.70. The highest BCUT2D eigenvalue weighted by Crippen LogP contribution is 2.19. The van der Waals surface area contributed by atoms with Crippen LogP contribution in [0.4, 0.5) is 0 Å². The van der Waals surface area contributed by atoms with Crippen LogP contribution < -0.4 is 5.32 Å². The summed E-state index contributed by atoms with van der Waals surface area (Å²) >= 11 is 0. The molecule has 0 radical (unpaired) electrons. The molecule has 3 rings (SSSR count). The average molecular weight is 355 g/mol. The number of benzene rings is 1. The van der Waals surface area contributed by atoms with Crippen LogP contribution in [0.2, 0.25) is 0 Å². The third-order valence-corrected chi connectivity index (χ3v) is 4.48. The van der Waals surface area contributed by atoms with Gasteiger partial charge >= 0.3 is 0 Å². The summed E-state index contributed by atoms with van der Waals surface area (Å²) in [5.41, 5.74) is 0.815. The SMILES string of the molecule is CCNC(=O)CN1CCCN(C(=O)C=Cc2cc3ccccc3o2)CC1. The summed E-state index contributed by atoms with van der Waals surface area (Å²) in [5, 5.41) is 3.84. The molecule has 26 heavy (non-hydrogen) atoms. The Labute approximate surface area is 153 Å². The van der Waals surface area contributed by atoms with Crippen molar-refractivity contribution in [1.29, 1.82) is 0 Å². The number of fused-ring (bicyclic) bond motifs is 1. The molecule has 6 heteroatoms. The molecule has 0 atom stereocenters. The largest absolute Gasteiger partial charge is 0.457 e. The van der Waals surface area contributed by atoms with Crippen LogP contribution in [0.3, 0.4) is 0 Å². The molecular weight excluding hydrogens is 330 g/mol. The van der Waals surface area contributed by atoms with Gasteiger partial charge in [0.25, 0.3) is 0 Å². The maximum atomic E-state index is 12.5. The molecule has 2 aromatic rings. The van der Waals surface area contributed by atoms with E-state index in [9.17, 15) is 9.59 Å². The van der Waals surface area contributed by atoms with Gasteiger partial charge in [-0.25, -0.2) is 0 Å². The molecule has 2 heterocycles. The van der Waals surface area contributed by atoms with Crippen molar-refractivity contribution in [2.45, 2.75) is 13.3 Å². The number of hydrogen-bond acceptors (Lipinski definition) is 4. The van der Waals surface area contributed by atoms with Crippen LogP contribution in [0.1, 0.15) is 19.1 Å². The van der Waals surface area contributed by atoms with E-state index < -0.39 is 0 Å². The van der Waals surface area contributed by atoms with Crippen molar-refractivity contribution in [1.82, 2.24) is 15.1 Å². The molecule has 0 bridgehead atoms. The van der Waals surface area contributed by atoms with Gasteiger partial charge in [0, 0.05) is 44.2 Å². The first-order valence-corrected chi connectivity index (χ1v) is 9.10. The fourth-order valence-corrected chi connectivity index (χ4v) is 3.15. The lowest BCUT2D eigenvalue weighted by atomic mass is 10.2. The Morgan fingerprint density at radius 2 is 2.04 bits per heavy atom. The van der Waals surface area contributed by atoms with Gasteiger partial charge in [-0.2, -0.15) is 0 Å². The number of para-hydroxylation sites is 1. The zero-order valence-corrected chi connectivity index (χ0v) is 15.1. The summed E-state index contributed by atoms with van der Waals surface area (Å²) in [5.74, 6) is 0.689. The quantitative estimate of drug-likeness (QED) is 0.835. The molecule has 0 unspecified atom stereocenters. The highest BCUT2D eigenvalue weighted by Gasteiger charge is 2.19. The van der Waals surface area contributed by atoms with E-state index in [1.807, 2.05) is 42.2 Å². The first-order valence-electron chi connectivity index (χ1n) is 9.10. The molecule has 1 saturated heterocycles. The third kappa shape index (κ3) is 4.73. The summed E-state index contributed by atoms with van der Waals surface area (Å²) < 4.78 is 5.70. The van der Waals surface area contributed by atoms with Gasteiger partial charge in [-0.1, -0.05) is 18.2 Å². The Morgan fingerprint density at radius 3 is 2.85 bits per heavy atom. The monoisotopic (exact) mass is 355 g/mol. The van der Waals surface area contributed by atoms with E-state index in [0.717, 1.165) is 23.9 Å². The summed E-state index contributed by atoms with van der Waals surface area (Å²) in [6.45, 7) is 5.82. The second kappa shape index (κ2) is 8.67. The van der Waals surface area contributed by atoms with E-state index in [1.54, 1.807) is 12.2 Å². The van der Waals surface area contributed by atoms with Gasteiger partial charge in [0.2, 0.25) is 11.8 Å². The minimum atomic E-state index is -0.0229. The Balaban J connectivity index is 1.55. The first-order chi connectivity index (χ1) is 12.7. The van der Waals surface area contributed by atoms with E-state index in [0.29, 0.717) is 38.5 Å². The van der Waals surface area contributed by atoms with Gasteiger partial charge in [0.05, 0.1) is 6.54 Å². The molecule has 2 amide bonds. The topological polar surface area (TPSA) is 65.8 Å². The predicted molar refractivity (Wildman–Crippen MR) is 102 cm³/mol. The van der Waals surface area contributed by atoms with Gasteiger partial charge in [-0.3, -0.25) is 14.5 Å². The van der Waals surface area contributed by atoms with Crippen LogP contribution in [0, 0.1) is 0 Å². The van der Waals surface area contributed by atoms with Crippen molar-refractivity contribution >= 4 is 28.9 Å². The first kappa shape index (κ1) is 18.2. The zero-order chi connectivity index (χ0) is 18.4. The molecule has 0 spiro atoms. The summed E-state index contributed by atoms with van der Waals surface area (Å²) in [7, 11) is 0. The number of likely N-dealkylation sites (N-methyl/N-ethyl adjacent to an activating group) is 1. The highest BCUT2D eigenvalue weighted by atomic mass is 16.3. The Kier molecular flexibility index (Phi) is 6.07. The Bertz CT molecular complexity index is 763. The number of amides is 2. The molecular formula is C20H25N3O3. The standard InChI is InChI=1S/C20H25N3O3/c1-2-21-19(24)15-22-10-5-11-23(13-12-22)20(25)9-8-17-14-16-6-3-4-7-18(16)26-17/h3-4,6-9,14H,2,5,10-13,15H2,1H3,(H,21,24). The normalized spacial score (nSPS) is 16.1. The number of carbonyl (C=O) groups excluding carboxylic acids is 2. The van der Waals surface area contributed by atoms with Gasteiger partial charge in [-0.05, 0) is 31.6 Å². The summed E-state index contributed by atoms with van der Waals surface area (Å²) in [6.07, 6.45) is 4.15. The molecule has 1 aliphatic heterocycles. The average Bonchev–Trinajstić information content (AvgIpc) is 2.91. The maximum absolute atomic E-state index is 12.5. The number of rotatable bonds is 5. The van der Waals surface area contributed by atoms with Gasteiger partial charge in [0.1, 0.15) is 11.3 Å². The van der Waals surface area contributed by atoms with Crippen LogP contribution in [0.15, 0.2) is 40.8 Å². The number of hydrogen-bond donors (Lipinski definition) is 1. The lowest BCUT2D eigenvalue weighted by Crippen LogP contribution is -2.39. The van der Waals surface area contributed by atoms with E-state index in [4.69, 9.17) is 4.42 Å². The Morgan fingerprint density at radius 1 is 1.19 bits per heavy atom. The van der Waals surface area contributed by atoms with Gasteiger partial charge in [-0.15, -0.1) is 0 Å². The lowest BCUT2D eigenvalue weighted by molar-refractivity contribution is -0.125. The van der Waals surface area contributed by atoms with Crippen molar-refractivity contribution in [3.8, 4) is 0 Å². The highest BCUT2D eigenvalue weighted by molar-refractivity contribution is 5.92. The van der Waals surface area contributed by atoms with Crippen LogP contribution in [-0.2, 0) is 9.59 Å². The van der Waals surface area contributed by atoms with E-state index in [2.05, 4.69) is 10.2 Å². The van der Waals surface area contributed by atoms with Crippen molar-refractivity contribution in [2.24, 2.45) is 0 Å². The minimum Gasteiger partial charge on any atom is -0.457 e. The molecule has 1 aliphatic rings. The van der Waals surface area contributed by atoms with Crippen LogP contribution in [0.25, 0.3) is 17.0 Å². The van der Waals surface area contributed by atoms with Gasteiger partial charge in [0.15, 0.2) is 0 Å². The maximum Gasteiger partial charge on any atom is 0.246 e. The van der Waals surface area contributed by atoms with Crippen LogP contribution >= 0.6 is 0 Å². The molecule has 138 valence electrons. The number of nitrogens with zero attached hydrogens (tertiary/aromatic N) is 2. The second-order valence-electron chi connectivity index (χ2n) is 6.43. The van der Waals surface area contributed by atoms with E-state index in [-0.39, 0.29) is 11.8 Å². The second-order valence-corrected chi connectivity index (χ2v) is 6.43. The van der Waals surface area contributed by atoms with Crippen molar-refractivity contribution in [3.63, 3.8) is 0 Å². The fraction of sp³-hybridized carbons (Fsp3) is 0.400. The summed E-state index contributed by atoms with van der Waals surface area (Å²) in [4.78, 5) is 28.1. The van der Waals surface area contributed by atoms with Crippen molar-refractivity contribution in [2.75, 3.05) is 39.3 Å². The molecule has 1 fully saturated rings. The smallest absolute Gasteiger partial charge is 0.246 e. The molecule has 1 aromatic heterocycles. The molecule has 1 aromatic carbocycles. The van der Waals surface area contributed by atoms with E-state index in [1.165, 1.54) is 0 Å². The molecule has 1 N–H and O–H groups in total. The van der Waals surface area contributed by atoms with Crippen molar-refractivity contribution < 1.29 is 14.0 Å². The van der Waals surface area contributed by atoms with Crippen LogP contribution in [-0.4, -0.2) is 60.9 Å². The molecule has 0 aliphatic carbocycles. The van der Waals surface area contributed by atoms with E-state index >= 15 is 0 Å². The number of furan rings is 1.